The molecule has 0 bridgehead atoms. The molecular formula is C13H18N4O2. The van der Waals surface area contributed by atoms with Crippen molar-refractivity contribution in [3.8, 4) is 12.0 Å². The fourth-order valence-corrected chi connectivity index (χ4v) is 1.12. The Kier molecular flexibility index (Phi) is 6.21. The molecule has 0 N–H and O–H groups in total. The molecule has 6 nitrogen and oxygen atoms in total. The summed E-state index contributed by atoms with van der Waals surface area (Å²) in [4.78, 5) is 15.6. The van der Waals surface area contributed by atoms with Crippen LogP contribution >= 0.6 is 0 Å². The SMILES string of the molecule is CCc1cnc(OC)nc1.COc1ncc(C)cn1. The van der Waals surface area contributed by atoms with Gasteiger partial charge in [-0.2, -0.15) is 0 Å². The average molecular weight is 262 g/mol. The topological polar surface area (TPSA) is 70.0 Å². The highest BCUT2D eigenvalue weighted by atomic mass is 16.5. The number of ether oxygens (including phenoxy) is 2. The normalized spacial score (nSPS) is 9.26. The zero-order valence-electron chi connectivity index (χ0n) is 11.6. The second-order valence-electron chi connectivity index (χ2n) is 3.68. The molecule has 19 heavy (non-hydrogen) atoms. The van der Waals surface area contributed by atoms with E-state index < -0.39 is 0 Å². The summed E-state index contributed by atoms with van der Waals surface area (Å²) < 4.78 is 9.54. The number of hydrogen-bond donors (Lipinski definition) is 0. The van der Waals surface area contributed by atoms with E-state index in [0.717, 1.165) is 17.5 Å². The van der Waals surface area contributed by atoms with Gasteiger partial charge in [-0.3, -0.25) is 0 Å². The van der Waals surface area contributed by atoms with Gasteiger partial charge in [0.2, 0.25) is 0 Å². The lowest BCUT2D eigenvalue weighted by atomic mass is 10.3. The zero-order chi connectivity index (χ0) is 14.1. The van der Waals surface area contributed by atoms with Crippen LogP contribution in [-0.4, -0.2) is 34.2 Å². The van der Waals surface area contributed by atoms with Crippen LogP contribution in [-0.2, 0) is 6.42 Å². The van der Waals surface area contributed by atoms with E-state index in [0.29, 0.717) is 12.0 Å². The summed E-state index contributed by atoms with van der Waals surface area (Å²) in [6, 6.07) is 0.845. The Balaban J connectivity index is 0.000000191. The monoisotopic (exact) mass is 262 g/mol. The summed E-state index contributed by atoms with van der Waals surface area (Å²) in [7, 11) is 3.10. The third kappa shape index (κ3) is 5.29. The molecular weight excluding hydrogens is 244 g/mol. The number of nitrogens with zero attached hydrogens (tertiary/aromatic N) is 4. The van der Waals surface area contributed by atoms with Crippen molar-refractivity contribution in [1.82, 2.24) is 19.9 Å². The van der Waals surface area contributed by atoms with Gasteiger partial charge in [0.25, 0.3) is 0 Å². The number of rotatable bonds is 3. The van der Waals surface area contributed by atoms with Gasteiger partial charge in [0.15, 0.2) is 0 Å². The first-order chi connectivity index (χ1) is 9.19. The van der Waals surface area contributed by atoms with Gasteiger partial charge >= 0.3 is 12.0 Å². The molecule has 2 heterocycles. The molecule has 0 saturated heterocycles. The number of aromatic nitrogens is 4. The smallest absolute Gasteiger partial charge is 0.316 e. The molecule has 0 amide bonds. The molecule has 0 aliphatic heterocycles. The van der Waals surface area contributed by atoms with Crippen LogP contribution in [0.1, 0.15) is 18.1 Å². The molecule has 0 atom stereocenters. The van der Waals surface area contributed by atoms with Gasteiger partial charge in [0.1, 0.15) is 0 Å². The predicted molar refractivity (Wildman–Crippen MR) is 71.3 cm³/mol. The van der Waals surface area contributed by atoms with Crippen LogP contribution in [0.4, 0.5) is 0 Å². The van der Waals surface area contributed by atoms with Crippen LogP contribution < -0.4 is 9.47 Å². The summed E-state index contributed by atoms with van der Waals surface area (Å²) in [5.41, 5.74) is 2.16. The number of hydrogen-bond acceptors (Lipinski definition) is 6. The molecule has 102 valence electrons. The van der Waals surface area contributed by atoms with Crippen LogP contribution in [0.3, 0.4) is 0 Å². The first kappa shape index (κ1) is 14.8. The standard InChI is InChI=1S/C7H10N2O.C6H8N2O/c1-3-6-4-8-7(10-2)9-5-6;1-5-3-7-6(9-2)8-4-5/h4-5H,3H2,1-2H3;3-4H,1-2H3. The van der Waals surface area contributed by atoms with Crippen molar-refractivity contribution in [3.63, 3.8) is 0 Å². The maximum absolute atomic E-state index is 4.79. The Morgan fingerprint density at radius 2 is 1.26 bits per heavy atom. The summed E-state index contributed by atoms with van der Waals surface area (Å²) in [5.74, 6) is 0. The molecule has 0 unspecified atom stereocenters. The van der Waals surface area contributed by atoms with Crippen LogP contribution in [0.25, 0.3) is 0 Å². The van der Waals surface area contributed by atoms with Gasteiger partial charge in [-0.05, 0) is 24.5 Å². The van der Waals surface area contributed by atoms with E-state index >= 15 is 0 Å². The zero-order valence-corrected chi connectivity index (χ0v) is 11.6. The minimum atomic E-state index is 0.417. The fourth-order valence-electron chi connectivity index (χ4n) is 1.12. The van der Waals surface area contributed by atoms with Gasteiger partial charge < -0.3 is 9.47 Å². The molecule has 0 radical (unpaired) electrons. The van der Waals surface area contributed by atoms with Crippen LogP contribution in [0.2, 0.25) is 0 Å². The molecule has 2 aromatic rings. The van der Waals surface area contributed by atoms with Crippen LogP contribution in [0, 0.1) is 6.92 Å². The Labute approximate surface area is 112 Å². The molecule has 0 aliphatic rings. The maximum Gasteiger partial charge on any atom is 0.316 e. The summed E-state index contributed by atoms with van der Waals surface area (Å²) in [6.07, 6.45) is 7.93. The first-order valence-electron chi connectivity index (χ1n) is 5.87. The third-order valence-electron chi connectivity index (χ3n) is 2.21. The van der Waals surface area contributed by atoms with Crippen molar-refractivity contribution >= 4 is 0 Å². The fraction of sp³-hybridized carbons (Fsp3) is 0.385. The minimum absolute atomic E-state index is 0.417. The molecule has 0 saturated carbocycles. The van der Waals surface area contributed by atoms with Crippen molar-refractivity contribution in [2.45, 2.75) is 20.3 Å². The predicted octanol–water partition coefficient (Wildman–Crippen LogP) is 1.84. The molecule has 0 fully saturated rings. The third-order valence-corrected chi connectivity index (χ3v) is 2.21. The lowest BCUT2D eigenvalue weighted by Gasteiger charge is -1.96. The molecule has 0 aromatic carbocycles. The molecule has 6 heteroatoms. The van der Waals surface area contributed by atoms with Crippen molar-refractivity contribution in [3.05, 3.63) is 35.9 Å². The number of methoxy groups -OCH3 is 2. The van der Waals surface area contributed by atoms with E-state index in [9.17, 15) is 0 Å². The number of aryl methyl sites for hydroxylation is 2. The van der Waals surface area contributed by atoms with Crippen molar-refractivity contribution in [1.29, 1.82) is 0 Å². The Morgan fingerprint density at radius 3 is 1.63 bits per heavy atom. The Bertz CT molecular complexity index is 448. The van der Waals surface area contributed by atoms with Gasteiger partial charge in [-0.25, -0.2) is 19.9 Å². The molecule has 0 spiro atoms. The highest BCUT2D eigenvalue weighted by Crippen LogP contribution is 2.01. The average Bonchev–Trinajstić information content (AvgIpc) is 2.49. The second kappa shape index (κ2) is 7.97. The van der Waals surface area contributed by atoms with Gasteiger partial charge in [-0.1, -0.05) is 6.92 Å². The van der Waals surface area contributed by atoms with Crippen molar-refractivity contribution in [2.75, 3.05) is 14.2 Å². The highest BCUT2D eigenvalue weighted by molar-refractivity contribution is 5.06. The maximum atomic E-state index is 4.79. The molecule has 2 rings (SSSR count). The Morgan fingerprint density at radius 1 is 0.842 bits per heavy atom. The van der Waals surface area contributed by atoms with E-state index in [1.807, 2.05) is 6.92 Å². The Hall–Kier alpha value is -2.24. The molecule has 0 aliphatic carbocycles. The van der Waals surface area contributed by atoms with Gasteiger partial charge in [0, 0.05) is 24.8 Å². The van der Waals surface area contributed by atoms with E-state index in [1.54, 1.807) is 39.0 Å². The summed E-state index contributed by atoms with van der Waals surface area (Å²) in [6.45, 7) is 3.99. The van der Waals surface area contributed by atoms with Gasteiger partial charge in [-0.15, -0.1) is 0 Å². The first-order valence-corrected chi connectivity index (χ1v) is 5.87. The van der Waals surface area contributed by atoms with Crippen molar-refractivity contribution in [2.24, 2.45) is 0 Å². The van der Waals surface area contributed by atoms with Crippen LogP contribution in [0.15, 0.2) is 24.8 Å². The highest BCUT2D eigenvalue weighted by Gasteiger charge is 1.92. The lowest BCUT2D eigenvalue weighted by molar-refractivity contribution is 0.379. The van der Waals surface area contributed by atoms with Crippen molar-refractivity contribution < 1.29 is 9.47 Å². The lowest BCUT2D eigenvalue weighted by Crippen LogP contribution is -1.92. The van der Waals surface area contributed by atoms with E-state index in [4.69, 9.17) is 9.47 Å². The molecule has 2 aromatic heterocycles. The minimum Gasteiger partial charge on any atom is -0.467 e. The summed E-state index contributed by atoms with van der Waals surface area (Å²) in [5, 5.41) is 0. The van der Waals surface area contributed by atoms with Gasteiger partial charge in [0.05, 0.1) is 14.2 Å². The quantitative estimate of drug-likeness (QED) is 0.840. The van der Waals surface area contributed by atoms with E-state index in [2.05, 4.69) is 26.9 Å². The van der Waals surface area contributed by atoms with E-state index in [1.165, 1.54) is 0 Å². The largest absolute Gasteiger partial charge is 0.467 e. The second-order valence-corrected chi connectivity index (χ2v) is 3.68. The van der Waals surface area contributed by atoms with E-state index in [-0.39, 0.29) is 0 Å². The summed E-state index contributed by atoms with van der Waals surface area (Å²) >= 11 is 0. The van der Waals surface area contributed by atoms with Crippen LogP contribution in [0.5, 0.6) is 12.0 Å².